The second kappa shape index (κ2) is 8.71. The Bertz CT molecular complexity index is 1410. The first-order valence-electron chi connectivity index (χ1n) is 15.5. The van der Waals surface area contributed by atoms with Gasteiger partial charge in [-0.1, -0.05) is 18.2 Å². The Labute approximate surface area is 242 Å². The number of amides is 1. The van der Waals surface area contributed by atoms with Crippen molar-refractivity contribution in [1.82, 2.24) is 0 Å². The molecule has 2 aromatic carbocycles. The van der Waals surface area contributed by atoms with Gasteiger partial charge in [0.2, 0.25) is 5.91 Å². The first-order valence-corrected chi connectivity index (χ1v) is 15.5. The topological polar surface area (TPSA) is 80.0 Å². The van der Waals surface area contributed by atoms with Crippen LogP contribution in [0.25, 0.3) is 0 Å². The van der Waals surface area contributed by atoms with E-state index in [2.05, 4.69) is 19.2 Å². The van der Waals surface area contributed by atoms with Gasteiger partial charge in [0.1, 0.15) is 11.7 Å². The molecule has 4 saturated carbocycles. The van der Waals surface area contributed by atoms with E-state index < -0.39 is 11.5 Å². The van der Waals surface area contributed by atoms with Gasteiger partial charge < -0.3 is 29.2 Å². The number of likely N-dealkylation sites (tertiary alicyclic amines) is 1. The molecule has 9 rings (SSSR count). The number of nitrogens with zero attached hydrogens (tertiary/aromatic N) is 1. The van der Waals surface area contributed by atoms with Crippen LogP contribution in [0.15, 0.2) is 36.4 Å². The van der Waals surface area contributed by atoms with E-state index in [9.17, 15) is 4.79 Å². The summed E-state index contributed by atoms with van der Waals surface area (Å²) >= 11 is 0. The molecular weight excluding hydrogens is 516 g/mol. The van der Waals surface area contributed by atoms with E-state index in [1.54, 1.807) is 19.2 Å². The van der Waals surface area contributed by atoms with Crippen LogP contribution in [0.4, 0.5) is 0 Å². The number of methoxy groups -OCH3 is 2. The van der Waals surface area contributed by atoms with E-state index in [0.29, 0.717) is 24.8 Å². The van der Waals surface area contributed by atoms with Crippen LogP contribution in [0.2, 0.25) is 0 Å². The van der Waals surface area contributed by atoms with Gasteiger partial charge in [-0.25, -0.2) is 0 Å². The molecule has 2 heterocycles. The fraction of sp³-hybridized carbons (Fsp3) is 0.618. The van der Waals surface area contributed by atoms with Crippen molar-refractivity contribution in [3.05, 3.63) is 58.7 Å². The summed E-state index contributed by atoms with van der Waals surface area (Å²) < 4.78 is 27.4. The van der Waals surface area contributed by atoms with E-state index in [1.165, 1.54) is 48.0 Å². The minimum atomic E-state index is -0.409. The minimum absolute atomic E-state index is 0.0338. The Morgan fingerprint density at radius 3 is 2.61 bits per heavy atom. The maximum absolute atomic E-state index is 11.5. The number of piperidine rings is 1. The molecule has 2 spiro atoms. The van der Waals surface area contributed by atoms with Gasteiger partial charge >= 0.3 is 0 Å². The van der Waals surface area contributed by atoms with Crippen LogP contribution in [-0.2, 0) is 27.9 Å². The SMILES string of the molecule is COc1ccc2c3c1O[C@H]1[C@@]4(OC)CC[C@@]5(C[C@@H]4COCc4ccc(C(N)=O)cc4)[C@@H](C2)[N+](C)(CC2CC2)CC[C@]315. The second-order valence-corrected chi connectivity index (χ2v) is 14.2. The van der Waals surface area contributed by atoms with Crippen LogP contribution < -0.4 is 15.2 Å². The van der Waals surface area contributed by atoms with E-state index in [-0.39, 0.29) is 22.9 Å². The summed E-state index contributed by atoms with van der Waals surface area (Å²) in [6.45, 7) is 3.64. The van der Waals surface area contributed by atoms with Crippen molar-refractivity contribution >= 4 is 5.91 Å². The number of hydrogen-bond acceptors (Lipinski definition) is 5. The van der Waals surface area contributed by atoms with Gasteiger partial charge in [-0.15, -0.1) is 0 Å². The van der Waals surface area contributed by atoms with Gasteiger partial charge in [0, 0.05) is 48.3 Å². The van der Waals surface area contributed by atoms with E-state index in [0.717, 1.165) is 48.7 Å². The van der Waals surface area contributed by atoms with Crippen molar-refractivity contribution in [3.63, 3.8) is 0 Å². The summed E-state index contributed by atoms with van der Waals surface area (Å²) in [4.78, 5) is 11.5. The molecule has 0 radical (unpaired) electrons. The van der Waals surface area contributed by atoms with Gasteiger partial charge in [-0.2, -0.15) is 0 Å². The van der Waals surface area contributed by atoms with Crippen molar-refractivity contribution in [2.75, 3.05) is 41.0 Å². The molecule has 1 amide bonds. The normalized spacial score (nSPS) is 39.2. The molecule has 1 saturated heterocycles. The number of primary amides is 1. The van der Waals surface area contributed by atoms with Crippen molar-refractivity contribution in [2.45, 2.75) is 74.7 Å². The molecule has 218 valence electrons. The van der Waals surface area contributed by atoms with Gasteiger partial charge in [-0.3, -0.25) is 4.79 Å². The summed E-state index contributed by atoms with van der Waals surface area (Å²) in [5.41, 5.74) is 9.63. The summed E-state index contributed by atoms with van der Waals surface area (Å²) in [7, 11) is 6.23. The highest BCUT2D eigenvalue weighted by Gasteiger charge is 2.83. The van der Waals surface area contributed by atoms with Crippen molar-refractivity contribution in [1.29, 1.82) is 0 Å². The number of ether oxygens (including phenoxy) is 4. The smallest absolute Gasteiger partial charge is 0.248 e. The van der Waals surface area contributed by atoms with E-state index in [4.69, 9.17) is 24.7 Å². The number of hydrogen-bond donors (Lipinski definition) is 1. The fourth-order valence-corrected chi connectivity index (χ4v) is 10.7. The average molecular weight is 560 g/mol. The van der Waals surface area contributed by atoms with Crippen LogP contribution in [0.1, 0.15) is 65.6 Å². The van der Waals surface area contributed by atoms with Gasteiger partial charge in [-0.05, 0) is 61.4 Å². The third-order valence-corrected chi connectivity index (χ3v) is 12.6. The largest absolute Gasteiger partial charge is 0.493 e. The molecule has 4 bridgehead atoms. The maximum atomic E-state index is 11.5. The molecule has 2 aromatic rings. The lowest BCUT2D eigenvalue weighted by molar-refractivity contribution is -0.952. The summed E-state index contributed by atoms with van der Waals surface area (Å²) in [6, 6.07) is 12.5. The Morgan fingerprint density at radius 2 is 1.90 bits per heavy atom. The number of likely N-dealkylation sites (N-methyl/N-ethyl adjacent to an activating group) is 1. The lowest BCUT2D eigenvalue weighted by Crippen LogP contribution is -2.83. The molecule has 5 fully saturated rings. The first-order chi connectivity index (χ1) is 19.8. The minimum Gasteiger partial charge on any atom is -0.493 e. The summed E-state index contributed by atoms with van der Waals surface area (Å²) in [6.07, 6.45) is 8.32. The molecule has 2 N–H and O–H groups in total. The maximum Gasteiger partial charge on any atom is 0.248 e. The predicted molar refractivity (Wildman–Crippen MR) is 154 cm³/mol. The highest BCUT2D eigenvalue weighted by Crippen LogP contribution is 2.77. The fourth-order valence-electron chi connectivity index (χ4n) is 10.7. The molecule has 0 aromatic heterocycles. The standard InChI is InChI=1S/C34H42N2O5/c1-36(18-21-4-5-21)15-14-33-28-24-10-11-26(38-2)29(28)41-31(33)34(39-3)13-12-32(33,27(36)16-24)17-25(34)20-40-19-22-6-8-23(9-7-22)30(35)37/h6-11,21,25,27,31H,4-5,12-20H2,1-3H3,(H-,35,37)/p+1/t25-,27-,31-,32-,33+,34-,36?/m1/s1. The van der Waals surface area contributed by atoms with Crippen LogP contribution in [0.3, 0.4) is 0 Å². The third-order valence-electron chi connectivity index (χ3n) is 12.6. The molecule has 7 atom stereocenters. The molecule has 7 nitrogen and oxygen atoms in total. The molecular formula is C34H43N2O5+. The number of carbonyl (C=O) groups is 1. The summed E-state index contributed by atoms with van der Waals surface area (Å²) in [5.74, 6) is 2.56. The Kier molecular flexibility index (Phi) is 5.53. The number of quaternary nitrogens is 1. The number of rotatable bonds is 9. The van der Waals surface area contributed by atoms with Gasteiger partial charge in [0.25, 0.3) is 0 Å². The van der Waals surface area contributed by atoms with Crippen LogP contribution in [0, 0.1) is 17.3 Å². The zero-order valence-electron chi connectivity index (χ0n) is 24.6. The molecule has 1 unspecified atom stereocenters. The highest BCUT2D eigenvalue weighted by molar-refractivity contribution is 5.92. The average Bonchev–Trinajstić information content (AvgIpc) is 3.71. The predicted octanol–water partition coefficient (Wildman–Crippen LogP) is 4.38. The van der Waals surface area contributed by atoms with Crippen LogP contribution >= 0.6 is 0 Å². The lowest BCUT2D eigenvalue weighted by Gasteiger charge is -2.74. The first kappa shape index (κ1) is 26.1. The number of fused-ring (bicyclic) bond motifs is 2. The Balaban J connectivity index is 1.18. The molecule has 2 aliphatic heterocycles. The Morgan fingerprint density at radius 1 is 1.10 bits per heavy atom. The highest BCUT2D eigenvalue weighted by atomic mass is 16.6. The molecule has 5 aliphatic carbocycles. The lowest BCUT2D eigenvalue weighted by atomic mass is 9.34. The van der Waals surface area contributed by atoms with Crippen LogP contribution in [0.5, 0.6) is 11.5 Å². The Hall–Kier alpha value is -2.61. The second-order valence-electron chi connectivity index (χ2n) is 14.2. The zero-order chi connectivity index (χ0) is 28.2. The third kappa shape index (κ3) is 3.29. The summed E-state index contributed by atoms with van der Waals surface area (Å²) in [5, 5.41) is 0. The van der Waals surface area contributed by atoms with E-state index >= 15 is 0 Å². The van der Waals surface area contributed by atoms with Crippen molar-refractivity contribution in [2.24, 2.45) is 23.0 Å². The van der Waals surface area contributed by atoms with Crippen molar-refractivity contribution in [3.8, 4) is 11.5 Å². The molecule has 7 heteroatoms. The van der Waals surface area contributed by atoms with Gasteiger partial charge in [0.15, 0.2) is 11.5 Å². The van der Waals surface area contributed by atoms with Crippen LogP contribution in [-0.4, -0.2) is 69.1 Å². The molecule has 7 aliphatic rings. The number of carbonyl (C=O) groups excluding carboxylic acids is 1. The number of nitrogens with two attached hydrogens (primary N) is 1. The quantitative estimate of drug-likeness (QED) is 0.462. The van der Waals surface area contributed by atoms with Gasteiger partial charge in [0.05, 0.1) is 51.9 Å². The van der Waals surface area contributed by atoms with E-state index in [1.807, 2.05) is 19.2 Å². The molecule has 41 heavy (non-hydrogen) atoms. The number of benzene rings is 2. The zero-order valence-corrected chi connectivity index (χ0v) is 24.6. The monoisotopic (exact) mass is 559 g/mol. The van der Waals surface area contributed by atoms with Crippen molar-refractivity contribution < 1.29 is 28.2 Å².